The maximum absolute atomic E-state index is 13.7. The zero-order valence-electron chi connectivity index (χ0n) is 16.9. The van der Waals surface area contributed by atoms with Crippen LogP contribution in [0.2, 0.25) is 0 Å². The number of amides is 1. The number of anilines is 1. The number of carbonyl (C=O) groups excluding carboxylic acids is 1. The first-order chi connectivity index (χ1) is 14.9. The SMILES string of the molecule is CCc1ccccc1N(CC(=O)NN=Cc1ccccc1F)S(=O)(=O)c1ccccc1. The third kappa shape index (κ3) is 5.35. The minimum Gasteiger partial charge on any atom is -0.271 e. The maximum atomic E-state index is 13.7. The van der Waals surface area contributed by atoms with Gasteiger partial charge in [-0.1, -0.05) is 61.5 Å². The standard InChI is InChI=1S/C23H22FN3O3S/c1-2-18-10-7-9-15-22(18)27(31(29,30)20-12-4-3-5-13-20)17-23(28)26-25-16-19-11-6-8-14-21(19)24/h3-16H,2,17H2,1H3,(H,26,28). The molecule has 0 aliphatic carbocycles. The summed E-state index contributed by atoms with van der Waals surface area (Å²) in [6.07, 6.45) is 1.76. The van der Waals surface area contributed by atoms with Gasteiger partial charge in [-0.2, -0.15) is 5.10 Å². The number of nitrogens with one attached hydrogen (secondary N) is 1. The monoisotopic (exact) mass is 439 g/mol. The van der Waals surface area contributed by atoms with Gasteiger partial charge in [-0.05, 0) is 36.2 Å². The Hall–Kier alpha value is -3.52. The van der Waals surface area contributed by atoms with Gasteiger partial charge < -0.3 is 0 Å². The molecule has 160 valence electrons. The van der Waals surface area contributed by atoms with Crippen LogP contribution in [0.3, 0.4) is 0 Å². The maximum Gasteiger partial charge on any atom is 0.264 e. The van der Waals surface area contributed by atoms with E-state index >= 15 is 0 Å². The molecule has 3 rings (SSSR count). The van der Waals surface area contributed by atoms with Crippen LogP contribution in [0.25, 0.3) is 0 Å². The second-order valence-electron chi connectivity index (χ2n) is 6.62. The molecule has 0 bridgehead atoms. The van der Waals surface area contributed by atoms with E-state index < -0.39 is 28.3 Å². The average Bonchev–Trinajstić information content (AvgIpc) is 2.79. The topological polar surface area (TPSA) is 78.8 Å². The predicted octanol–water partition coefficient (Wildman–Crippen LogP) is 3.73. The Morgan fingerprint density at radius 3 is 2.35 bits per heavy atom. The van der Waals surface area contributed by atoms with Crippen LogP contribution >= 0.6 is 0 Å². The van der Waals surface area contributed by atoms with Crippen molar-refractivity contribution in [3.8, 4) is 0 Å². The van der Waals surface area contributed by atoms with Crippen LogP contribution in [-0.4, -0.2) is 27.1 Å². The molecule has 0 heterocycles. The van der Waals surface area contributed by atoms with E-state index in [1.165, 1.54) is 30.5 Å². The molecule has 0 spiro atoms. The van der Waals surface area contributed by atoms with Crippen LogP contribution in [0.4, 0.5) is 10.1 Å². The molecule has 0 radical (unpaired) electrons. The number of benzene rings is 3. The summed E-state index contributed by atoms with van der Waals surface area (Å²) in [5.74, 6) is -1.14. The lowest BCUT2D eigenvalue weighted by atomic mass is 10.1. The Labute approximate surface area is 181 Å². The molecule has 0 aromatic heterocycles. The Balaban J connectivity index is 1.88. The lowest BCUT2D eigenvalue weighted by molar-refractivity contribution is -0.119. The highest BCUT2D eigenvalue weighted by Crippen LogP contribution is 2.27. The Morgan fingerprint density at radius 1 is 1.00 bits per heavy atom. The van der Waals surface area contributed by atoms with Crippen molar-refractivity contribution in [2.24, 2.45) is 5.10 Å². The van der Waals surface area contributed by atoms with Crippen LogP contribution in [0, 0.1) is 5.82 Å². The number of nitrogens with zero attached hydrogens (tertiary/aromatic N) is 2. The van der Waals surface area contributed by atoms with E-state index in [1.807, 2.05) is 19.1 Å². The second kappa shape index (κ2) is 9.99. The highest BCUT2D eigenvalue weighted by Gasteiger charge is 2.28. The fraction of sp³-hybridized carbons (Fsp3) is 0.130. The molecular formula is C23H22FN3O3S. The number of carbonyl (C=O) groups is 1. The first-order valence-electron chi connectivity index (χ1n) is 9.65. The third-order valence-corrected chi connectivity index (χ3v) is 6.33. The summed E-state index contributed by atoms with van der Waals surface area (Å²) < 4.78 is 41.4. The van der Waals surface area contributed by atoms with E-state index in [9.17, 15) is 17.6 Å². The van der Waals surface area contributed by atoms with Gasteiger partial charge in [0.05, 0.1) is 16.8 Å². The van der Waals surface area contributed by atoms with E-state index in [0.29, 0.717) is 12.1 Å². The molecule has 0 fully saturated rings. The quantitative estimate of drug-likeness (QED) is 0.429. The van der Waals surface area contributed by atoms with Gasteiger partial charge in [0, 0.05) is 5.56 Å². The molecule has 1 N–H and O–H groups in total. The largest absolute Gasteiger partial charge is 0.271 e. The van der Waals surface area contributed by atoms with Crippen LogP contribution in [0.5, 0.6) is 0 Å². The van der Waals surface area contributed by atoms with Crippen molar-refractivity contribution >= 4 is 27.8 Å². The van der Waals surface area contributed by atoms with Gasteiger partial charge in [-0.25, -0.2) is 18.2 Å². The van der Waals surface area contributed by atoms with Crippen molar-refractivity contribution in [3.05, 3.63) is 95.8 Å². The molecule has 6 nitrogen and oxygen atoms in total. The zero-order valence-corrected chi connectivity index (χ0v) is 17.7. The summed E-state index contributed by atoms with van der Waals surface area (Å²) in [6.45, 7) is 1.42. The molecule has 3 aromatic carbocycles. The highest BCUT2D eigenvalue weighted by atomic mass is 32.2. The first kappa shape index (κ1) is 22.2. The summed E-state index contributed by atoms with van der Waals surface area (Å²) in [5, 5.41) is 3.76. The summed E-state index contributed by atoms with van der Waals surface area (Å²) in [4.78, 5) is 12.6. The fourth-order valence-corrected chi connectivity index (χ4v) is 4.47. The van der Waals surface area contributed by atoms with Crippen LogP contribution in [0.1, 0.15) is 18.1 Å². The van der Waals surface area contributed by atoms with Gasteiger partial charge in [-0.15, -0.1) is 0 Å². The van der Waals surface area contributed by atoms with Crippen LogP contribution in [0.15, 0.2) is 88.9 Å². The molecule has 0 aliphatic rings. The van der Waals surface area contributed by atoms with Gasteiger partial charge in [0.1, 0.15) is 12.4 Å². The van der Waals surface area contributed by atoms with Gasteiger partial charge in [0.15, 0.2) is 0 Å². The lowest BCUT2D eigenvalue weighted by Crippen LogP contribution is -2.40. The number of aryl methyl sites for hydroxylation is 1. The summed E-state index contributed by atoms with van der Waals surface area (Å²) in [6, 6.07) is 20.9. The van der Waals surface area contributed by atoms with E-state index in [2.05, 4.69) is 10.5 Å². The Bertz CT molecular complexity index is 1180. The molecule has 1 amide bonds. The van der Waals surface area contributed by atoms with Gasteiger partial charge in [-0.3, -0.25) is 9.10 Å². The number of hydrogen-bond donors (Lipinski definition) is 1. The van der Waals surface area contributed by atoms with Crippen LogP contribution in [-0.2, 0) is 21.2 Å². The van der Waals surface area contributed by atoms with Crippen LogP contribution < -0.4 is 9.73 Å². The van der Waals surface area contributed by atoms with E-state index in [-0.39, 0.29) is 10.5 Å². The Kier molecular flexibility index (Phi) is 7.15. The molecule has 0 unspecified atom stereocenters. The zero-order chi connectivity index (χ0) is 22.3. The predicted molar refractivity (Wildman–Crippen MR) is 119 cm³/mol. The number of halogens is 1. The summed E-state index contributed by atoms with van der Waals surface area (Å²) >= 11 is 0. The van der Waals surface area contributed by atoms with Crippen molar-refractivity contribution < 1.29 is 17.6 Å². The third-order valence-electron chi connectivity index (χ3n) is 4.56. The first-order valence-corrected chi connectivity index (χ1v) is 11.1. The van der Waals surface area contributed by atoms with Crippen molar-refractivity contribution in [2.45, 2.75) is 18.2 Å². The second-order valence-corrected chi connectivity index (χ2v) is 8.48. The smallest absolute Gasteiger partial charge is 0.264 e. The Morgan fingerprint density at radius 2 is 1.65 bits per heavy atom. The molecular weight excluding hydrogens is 417 g/mol. The van der Waals surface area contributed by atoms with Crippen molar-refractivity contribution in [3.63, 3.8) is 0 Å². The van der Waals surface area contributed by atoms with E-state index in [4.69, 9.17) is 0 Å². The molecule has 8 heteroatoms. The molecule has 31 heavy (non-hydrogen) atoms. The van der Waals surface area contributed by atoms with Gasteiger partial charge in [0.2, 0.25) is 0 Å². The minimum absolute atomic E-state index is 0.0727. The van der Waals surface area contributed by atoms with E-state index in [1.54, 1.807) is 42.5 Å². The summed E-state index contributed by atoms with van der Waals surface area (Å²) in [7, 11) is -4.01. The number of hydrazone groups is 1. The number of rotatable bonds is 8. The van der Waals surface area contributed by atoms with Gasteiger partial charge in [0.25, 0.3) is 15.9 Å². The summed E-state index contributed by atoms with van der Waals surface area (Å²) in [5.41, 5.74) is 3.68. The lowest BCUT2D eigenvalue weighted by Gasteiger charge is -2.25. The fourth-order valence-electron chi connectivity index (χ4n) is 2.99. The number of hydrogen-bond acceptors (Lipinski definition) is 4. The molecule has 0 atom stereocenters. The van der Waals surface area contributed by atoms with Gasteiger partial charge >= 0.3 is 0 Å². The minimum atomic E-state index is -4.01. The molecule has 0 saturated carbocycles. The number of sulfonamides is 1. The van der Waals surface area contributed by atoms with Crippen molar-refractivity contribution in [1.82, 2.24) is 5.43 Å². The van der Waals surface area contributed by atoms with E-state index in [0.717, 1.165) is 9.87 Å². The number of para-hydroxylation sites is 1. The average molecular weight is 440 g/mol. The molecule has 0 saturated heterocycles. The highest BCUT2D eigenvalue weighted by molar-refractivity contribution is 7.92. The normalized spacial score (nSPS) is 11.4. The molecule has 3 aromatic rings. The van der Waals surface area contributed by atoms with Crippen molar-refractivity contribution in [2.75, 3.05) is 10.8 Å². The van der Waals surface area contributed by atoms with Crippen molar-refractivity contribution in [1.29, 1.82) is 0 Å². The molecule has 0 aliphatic heterocycles.